The zero-order chi connectivity index (χ0) is 77.0. The summed E-state index contributed by atoms with van der Waals surface area (Å²) in [4.78, 5) is 57.9. The minimum absolute atomic E-state index is 0. The second-order valence-corrected chi connectivity index (χ2v) is 31.7. The lowest BCUT2D eigenvalue weighted by atomic mass is 9.91. The fourth-order valence-corrected chi connectivity index (χ4v) is 12.9. The van der Waals surface area contributed by atoms with Gasteiger partial charge in [0.2, 0.25) is 51.7 Å². The third kappa shape index (κ3) is 23.3. The van der Waals surface area contributed by atoms with E-state index in [1.54, 1.807) is 78.9 Å². The number of hydrogen-bond acceptors (Lipinski definition) is 17. The number of sulfonamides is 4. The highest BCUT2D eigenvalue weighted by molar-refractivity contribution is 7.90. The summed E-state index contributed by atoms with van der Waals surface area (Å²) in [6, 6.07) is 49.6. The third-order valence-electron chi connectivity index (χ3n) is 13.9. The fourth-order valence-electron chi connectivity index (χ4n) is 8.88. The average molecular weight is 1620 g/mol. The van der Waals surface area contributed by atoms with Crippen LogP contribution in [0.15, 0.2) is 242 Å². The molecule has 0 fully saturated rings. The Morgan fingerprint density at radius 2 is 0.990 bits per heavy atom. The second-order valence-electron chi connectivity index (χ2n) is 22.9. The molecule has 4 aromatic heterocycles. The van der Waals surface area contributed by atoms with Crippen molar-refractivity contribution in [2.24, 2.45) is 20.6 Å². The van der Waals surface area contributed by atoms with Crippen LogP contribution in [0.25, 0.3) is 22.5 Å². The number of halogens is 7. The van der Waals surface area contributed by atoms with Crippen LogP contribution in [0.4, 0.5) is 35.9 Å². The normalized spacial score (nSPS) is 11.6. The van der Waals surface area contributed by atoms with Gasteiger partial charge in [-0.05, 0) is 174 Å². The van der Waals surface area contributed by atoms with Gasteiger partial charge in [-0.25, -0.2) is 59.2 Å². The molecule has 0 saturated heterocycles. The van der Waals surface area contributed by atoms with Crippen molar-refractivity contribution in [3.63, 3.8) is 0 Å². The second kappa shape index (κ2) is 33.9. The smallest absolute Gasteiger partial charge is 0.450 e. The number of carbonyl (C=O) groups is 4. The molecule has 7 aromatic carbocycles. The summed E-state index contributed by atoms with van der Waals surface area (Å²) in [6.07, 6.45) is -1.97. The number of benzene rings is 7. The SMILES string of the molecule is CC(C)(C)c1ccc(C(=O)Nc2cccc(S(N)(=O)=O)c2)cn1.NS(=O)(=O)c1cc(NC(=O)c2cc(-c3cccc(Cl)c3)oc2C(F)(F)F)ccc1Cl.NS(=O)(=O)c1cccc(NC(=O)c2cc(-c3ccc(Cl)cc3)cs2)c1.NS(=O)(=O)c1cccc(NC(=O)c2cccnc2Oc2ccc(Cl)cc2)c1.[HH].[HH].[HH].[HH].[HH].[HH]. The van der Waals surface area contributed by atoms with Crippen LogP contribution in [0.5, 0.6) is 11.6 Å². The quantitative estimate of drug-likeness (QED) is 0.0445. The van der Waals surface area contributed by atoms with Crippen molar-refractivity contribution >= 4 is 144 Å². The summed E-state index contributed by atoms with van der Waals surface area (Å²) in [5.74, 6) is -3.57. The molecule has 4 heterocycles. The first-order valence-electron chi connectivity index (χ1n) is 29.7. The van der Waals surface area contributed by atoms with Gasteiger partial charge in [0.1, 0.15) is 22.0 Å². The van der Waals surface area contributed by atoms with E-state index in [0.29, 0.717) is 37.6 Å². The molecule has 0 aliphatic heterocycles. The van der Waals surface area contributed by atoms with E-state index in [1.165, 1.54) is 115 Å². The highest BCUT2D eigenvalue weighted by Gasteiger charge is 2.41. The maximum atomic E-state index is 13.4. The Morgan fingerprint density at radius 3 is 1.49 bits per heavy atom. The molecule has 0 atom stereocenters. The van der Waals surface area contributed by atoms with E-state index >= 15 is 0 Å². The van der Waals surface area contributed by atoms with Gasteiger partial charge in [-0.15, -0.1) is 11.3 Å². The van der Waals surface area contributed by atoms with Crippen molar-refractivity contribution in [3.8, 4) is 34.1 Å². The highest BCUT2D eigenvalue weighted by Crippen LogP contribution is 2.39. The Kier molecular flexibility index (Phi) is 26.1. The first-order valence-corrected chi connectivity index (χ1v) is 38.3. The zero-order valence-corrected chi connectivity index (χ0v) is 61.5. The van der Waals surface area contributed by atoms with Crippen molar-refractivity contribution < 1.29 is 83.7 Å². The summed E-state index contributed by atoms with van der Waals surface area (Å²) >= 11 is 24.6. The van der Waals surface area contributed by atoms with Crippen molar-refractivity contribution in [2.45, 2.75) is 51.9 Å². The standard InChI is InChI=1S/C18H11Cl2F3N2O4S.C18H14ClN3O4S.C17H13ClN2O3S2.C16H19N3O3S.6H2/c19-10-3-1-2-9(6-10)14-8-12(16(29-14)18(21,22)23)17(26)25-11-4-5-13(20)15(7-11)30(24,27)28;19-12-6-8-14(9-7-12)26-18-16(5-2-10-21-18)17(23)22-13-3-1-4-15(11-13)27(20,24)25;18-13-6-4-11(5-7-13)12-8-16(24-10-12)17(21)20-14-2-1-3-15(9-14)25(19,22)23;1-16(2,3)14-8-7-11(10-18-14)15(20)19-12-5-4-6-13(9-12)23(17,21)22;;;;;;/h1-8H,(H,25,26)(H2,24,27,28);1-11H,(H,22,23)(H2,20,24,25);1-10H,(H,20,21)(H2,19,22,23);4-10H,1-3H3,(H,19,20)(H2,17,21,22);6*1H. The number of amides is 4. The summed E-state index contributed by atoms with van der Waals surface area (Å²) < 4.78 is 142. The van der Waals surface area contributed by atoms with E-state index in [-0.39, 0.29) is 84.7 Å². The number of aromatic nitrogens is 2. The van der Waals surface area contributed by atoms with E-state index in [4.69, 9.17) is 76.1 Å². The number of pyridine rings is 2. The number of nitrogens with one attached hydrogen (secondary N) is 4. The molecule has 24 nitrogen and oxygen atoms in total. The van der Waals surface area contributed by atoms with Crippen molar-refractivity contribution in [3.05, 3.63) is 271 Å². The van der Waals surface area contributed by atoms with Crippen LogP contribution < -0.4 is 46.6 Å². The Labute approximate surface area is 632 Å². The molecule has 0 bridgehead atoms. The lowest BCUT2D eigenvalue weighted by Crippen LogP contribution is -2.18. The van der Waals surface area contributed by atoms with Gasteiger partial charge in [0.05, 0.1) is 35.7 Å². The number of ether oxygens (including phenoxy) is 1. The van der Waals surface area contributed by atoms with Gasteiger partial charge < -0.3 is 30.4 Å². The van der Waals surface area contributed by atoms with E-state index in [2.05, 4.69) is 31.2 Å². The van der Waals surface area contributed by atoms with Gasteiger partial charge in [0.15, 0.2) is 0 Å². The van der Waals surface area contributed by atoms with E-state index in [9.17, 15) is 66.0 Å². The number of hydrogen-bond donors (Lipinski definition) is 8. The predicted molar refractivity (Wildman–Crippen MR) is 408 cm³/mol. The first kappa shape index (κ1) is 80.8. The Bertz CT molecular complexity index is 5580. The average Bonchev–Trinajstić information content (AvgIpc) is 1.65. The molecule has 12 N–H and O–H groups in total. The monoisotopic (exact) mass is 1620 g/mol. The first-order chi connectivity index (χ1) is 49.1. The molecule has 0 aliphatic carbocycles. The Hall–Kier alpha value is -9.91. The number of rotatable bonds is 16. The van der Waals surface area contributed by atoms with E-state index in [1.807, 2.05) is 38.3 Å². The van der Waals surface area contributed by atoms with Gasteiger partial charge in [-0.1, -0.05) is 110 Å². The maximum absolute atomic E-state index is 13.4. The number of alkyl halides is 3. The topological polar surface area (TPSA) is 405 Å². The van der Waals surface area contributed by atoms with Crippen molar-refractivity contribution in [1.82, 2.24) is 9.97 Å². The number of nitrogens with two attached hydrogens (primary N) is 4. The van der Waals surface area contributed by atoms with Crippen LogP contribution in [-0.2, 0) is 51.7 Å². The summed E-state index contributed by atoms with van der Waals surface area (Å²) in [5.41, 5.74) is 3.48. The minimum Gasteiger partial charge on any atom is -0.451 e. The Balaban J connectivity index is 0.000000495. The molecule has 105 heavy (non-hydrogen) atoms. The molecule has 36 heteroatoms. The van der Waals surface area contributed by atoms with Gasteiger partial charge in [0, 0.05) is 75.4 Å². The number of primary sulfonamides is 4. The highest BCUT2D eigenvalue weighted by atomic mass is 35.5. The van der Waals surface area contributed by atoms with Crippen LogP contribution in [0.3, 0.4) is 0 Å². The van der Waals surface area contributed by atoms with Crippen LogP contribution in [-0.4, -0.2) is 67.3 Å². The molecule has 4 amide bonds. The molecule has 0 aliphatic rings. The van der Waals surface area contributed by atoms with Crippen molar-refractivity contribution in [1.29, 1.82) is 0 Å². The number of anilines is 4. The molecular weight excluding hydrogens is 1550 g/mol. The molecule has 0 saturated carbocycles. The van der Waals surface area contributed by atoms with E-state index in [0.717, 1.165) is 35.0 Å². The van der Waals surface area contributed by atoms with Gasteiger partial charge in [-0.3, -0.25) is 24.2 Å². The lowest BCUT2D eigenvalue weighted by Gasteiger charge is -2.17. The maximum Gasteiger partial charge on any atom is 0.450 e. The van der Waals surface area contributed by atoms with E-state index < -0.39 is 74.3 Å². The molecular formula is C69H69Cl4F3N10O14S5. The third-order valence-corrected chi connectivity index (χ3v) is 19.7. The predicted octanol–water partition coefficient (Wildman–Crippen LogP) is 16.3. The summed E-state index contributed by atoms with van der Waals surface area (Å²) in [7, 11) is -15.7. The van der Waals surface area contributed by atoms with Crippen LogP contribution in [0.2, 0.25) is 20.1 Å². The zero-order valence-electron chi connectivity index (χ0n) is 54.4. The molecule has 0 radical (unpaired) electrons. The van der Waals surface area contributed by atoms with Gasteiger partial charge in [0.25, 0.3) is 23.6 Å². The lowest BCUT2D eigenvalue weighted by molar-refractivity contribution is -0.153. The largest absolute Gasteiger partial charge is 0.451 e. The van der Waals surface area contributed by atoms with Crippen LogP contribution in [0.1, 0.15) is 81.5 Å². The van der Waals surface area contributed by atoms with Gasteiger partial charge >= 0.3 is 6.18 Å². The molecule has 0 unspecified atom stereocenters. The van der Waals surface area contributed by atoms with Crippen LogP contribution >= 0.6 is 57.7 Å². The summed E-state index contributed by atoms with van der Waals surface area (Å²) in [6.45, 7) is 6.11. The van der Waals surface area contributed by atoms with Crippen molar-refractivity contribution in [2.75, 3.05) is 21.3 Å². The molecule has 558 valence electrons. The molecule has 11 rings (SSSR count). The molecule has 0 spiro atoms. The summed E-state index contributed by atoms with van der Waals surface area (Å²) in [5, 5.41) is 33.5. The molecule has 11 aromatic rings. The van der Waals surface area contributed by atoms with Crippen LogP contribution in [0, 0.1) is 0 Å². The number of nitrogens with zero attached hydrogens (tertiary/aromatic N) is 2. The number of furan rings is 1. The van der Waals surface area contributed by atoms with Gasteiger partial charge in [-0.2, -0.15) is 13.2 Å². The Morgan fingerprint density at radius 1 is 0.486 bits per heavy atom. The number of carbonyl (C=O) groups excluding carboxylic acids is 4. The number of thiophene rings is 1. The fraction of sp³-hybridized carbons (Fsp3) is 0.0725. The minimum atomic E-state index is -4.96.